The van der Waals surface area contributed by atoms with E-state index in [4.69, 9.17) is 9.97 Å². The molecule has 0 saturated carbocycles. The maximum absolute atomic E-state index is 13.6. The van der Waals surface area contributed by atoms with E-state index in [0.29, 0.717) is 44.1 Å². The maximum Gasteiger partial charge on any atom is 0.264 e. The van der Waals surface area contributed by atoms with E-state index in [1.54, 1.807) is 41.9 Å². The fraction of sp³-hybridized carbons (Fsp3) is 0.133. The highest BCUT2D eigenvalue weighted by Gasteiger charge is 2.22. The third-order valence-electron chi connectivity index (χ3n) is 12.7. The number of hydrogen-bond donors (Lipinski definition) is 0. The summed E-state index contributed by atoms with van der Waals surface area (Å²) in [5.41, 5.74) is 7.99. The van der Waals surface area contributed by atoms with Gasteiger partial charge in [-0.3, -0.25) is 36.8 Å². The molecule has 0 radical (unpaired) electrons. The van der Waals surface area contributed by atoms with Gasteiger partial charge in [-0.05, 0) is 97.1 Å². The first-order valence-electron chi connectivity index (χ1n) is 24.6. The molecule has 0 saturated heterocycles. The van der Waals surface area contributed by atoms with Crippen LogP contribution < -0.4 is 22.2 Å². The number of benzene rings is 6. The molecule has 0 aliphatic rings. The van der Waals surface area contributed by atoms with Crippen molar-refractivity contribution in [2.24, 2.45) is 0 Å². The van der Waals surface area contributed by atoms with Crippen molar-refractivity contribution in [3.63, 3.8) is 0 Å². The Kier molecular flexibility index (Phi) is 12.0. The molecule has 12 heteroatoms. The number of rotatable bonds is 0. The topological polar surface area (TPSA) is 137 Å². The van der Waals surface area contributed by atoms with Crippen molar-refractivity contribution >= 4 is 121 Å². The third kappa shape index (κ3) is 6.81. The summed E-state index contributed by atoms with van der Waals surface area (Å²) >= 11 is 0. The molecule has 0 aliphatic heterocycles. The lowest BCUT2D eigenvalue weighted by Gasteiger charge is -2.12. The maximum atomic E-state index is 13.6. The second-order valence-corrected chi connectivity index (χ2v) is 16.1. The molecule has 0 fully saturated rings. The highest BCUT2D eigenvalue weighted by atomic mass is 16.1. The van der Waals surface area contributed by atoms with Gasteiger partial charge >= 0.3 is 0 Å². The minimum Gasteiger partial charge on any atom is -0.268 e. The first-order valence-corrected chi connectivity index (χ1v) is 24.6. The van der Waals surface area contributed by atoms with Gasteiger partial charge in [-0.2, -0.15) is 0 Å². The van der Waals surface area contributed by atoms with E-state index in [-0.39, 0.29) is 22.2 Å². The summed E-state index contributed by atoms with van der Waals surface area (Å²) < 4.78 is 6.63. The van der Waals surface area contributed by atoms with Crippen LogP contribution in [0.3, 0.4) is 0 Å². The standard InChI is InChI=1S/C26H12N4O2.C26H14N4O2.4C2H6/c31-25-15-11-12-16-22-14(24-28-18-6-2-4-8-20(18)30(24)26(16)32)10-9-13(21(15)22)23-27-17-5-1-3-7-19(17)29(23)25;31-25-17-12-10-16-14-18(26(32)30-22-8-4-2-6-20(22)28-24(16)30)11-9-15(13-17)23-27-19-5-1-3-7-21(19)29(23)25;4*1-2/h1-12H;1-14H;4*1-2H3. The normalized spacial score (nSPS) is 11.3. The van der Waals surface area contributed by atoms with Gasteiger partial charge in [0.15, 0.2) is 0 Å². The average Bonchev–Trinajstić information content (AvgIpc) is 4.24. The first kappa shape index (κ1) is 46.6. The number of aromatic nitrogens is 8. The minimum atomic E-state index is -0.132. The molecule has 0 spiro atoms. The van der Waals surface area contributed by atoms with Gasteiger partial charge in [0.25, 0.3) is 22.2 Å². The number of imidazole rings is 4. The molecular weight excluding hydrogens is 897 g/mol. The largest absolute Gasteiger partial charge is 0.268 e. The summed E-state index contributed by atoms with van der Waals surface area (Å²) in [6.07, 6.45) is 0. The Morgan fingerprint density at radius 1 is 0.278 bits per heavy atom. The van der Waals surface area contributed by atoms with Gasteiger partial charge in [0.05, 0.1) is 44.1 Å². The SMILES string of the molecule is CC.CC.CC.CC.O=c1c2ccc3c(=O)n4c5ccccc5nc4c4ccc(c2c34)c2nc3ccccc3n12.O=c1c2ccc3cc(ccc(c2)c2nc4ccccc4n12)c(=O)n1c2ccccc2nc31. The van der Waals surface area contributed by atoms with Crippen LogP contribution in [0.5, 0.6) is 0 Å². The van der Waals surface area contributed by atoms with Crippen molar-refractivity contribution in [1.82, 2.24) is 37.5 Å². The van der Waals surface area contributed by atoms with Gasteiger partial charge in [0, 0.05) is 53.9 Å². The van der Waals surface area contributed by atoms with Gasteiger partial charge in [-0.25, -0.2) is 19.9 Å². The lowest BCUT2D eigenvalue weighted by molar-refractivity contribution is 1.18. The molecule has 354 valence electrons. The lowest BCUT2D eigenvalue weighted by Crippen LogP contribution is -2.16. The zero-order valence-corrected chi connectivity index (χ0v) is 41.2. The molecule has 12 nitrogen and oxygen atoms in total. The number of nitrogens with zero attached hydrogens (tertiary/aromatic N) is 8. The van der Waals surface area contributed by atoms with Crippen LogP contribution in [-0.2, 0) is 0 Å². The minimum absolute atomic E-state index is 0.128. The first-order chi connectivity index (χ1) is 35.4. The van der Waals surface area contributed by atoms with E-state index in [0.717, 1.165) is 76.5 Å². The molecular formula is C60H50N8O4. The Bertz CT molecular complexity index is 4540. The van der Waals surface area contributed by atoms with Crippen LogP contribution in [0.25, 0.3) is 121 Å². The van der Waals surface area contributed by atoms with Crippen LogP contribution in [-0.4, -0.2) is 37.5 Å². The second-order valence-electron chi connectivity index (χ2n) is 16.1. The molecule has 72 heavy (non-hydrogen) atoms. The summed E-state index contributed by atoms with van der Waals surface area (Å²) in [7, 11) is 0. The molecule has 0 unspecified atom stereocenters. The van der Waals surface area contributed by atoms with Crippen LogP contribution in [0.2, 0.25) is 0 Å². The monoisotopic (exact) mass is 946 g/mol. The summed E-state index contributed by atoms with van der Waals surface area (Å²) in [6.45, 7) is 16.0. The molecule has 0 amide bonds. The van der Waals surface area contributed by atoms with Crippen molar-refractivity contribution in [1.29, 1.82) is 0 Å². The van der Waals surface area contributed by atoms with Crippen LogP contribution in [0.1, 0.15) is 55.4 Å². The van der Waals surface area contributed by atoms with E-state index in [1.165, 1.54) is 0 Å². The van der Waals surface area contributed by atoms with Gasteiger partial charge in [-0.1, -0.05) is 116 Å². The number of pyridine rings is 4. The summed E-state index contributed by atoms with van der Waals surface area (Å²) in [4.78, 5) is 72.7. The van der Waals surface area contributed by atoms with Crippen molar-refractivity contribution in [3.05, 3.63) is 199 Å². The Hall–Kier alpha value is -9.16. The molecule has 15 aromatic rings. The molecule has 8 heterocycles. The zero-order chi connectivity index (χ0) is 50.5. The molecule has 8 aromatic heterocycles. The number of para-hydroxylation sites is 8. The Morgan fingerprint density at radius 3 is 0.875 bits per heavy atom. The fourth-order valence-corrected chi connectivity index (χ4v) is 9.83. The smallest absolute Gasteiger partial charge is 0.264 e. The van der Waals surface area contributed by atoms with E-state index in [2.05, 4.69) is 9.97 Å². The van der Waals surface area contributed by atoms with E-state index in [1.807, 2.05) is 189 Å². The van der Waals surface area contributed by atoms with E-state index >= 15 is 0 Å². The second kappa shape index (κ2) is 18.6. The molecule has 0 aliphatic carbocycles. The lowest BCUT2D eigenvalue weighted by atomic mass is 9.96. The predicted molar refractivity (Wildman–Crippen MR) is 298 cm³/mol. The van der Waals surface area contributed by atoms with E-state index < -0.39 is 0 Å². The summed E-state index contributed by atoms with van der Waals surface area (Å²) in [5.74, 6) is 0. The zero-order valence-electron chi connectivity index (χ0n) is 41.2. The predicted octanol–water partition coefficient (Wildman–Crippen LogP) is 12.8. The quantitative estimate of drug-likeness (QED) is 0.137. The van der Waals surface area contributed by atoms with Crippen LogP contribution in [0, 0.1) is 0 Å². The molecule has 7 aromatic carbocycles. The van der Waals surface area contributed by atoms with Gasteiger partial charge in [0.2, 0.25) is 0 Å². The van der Waals surface area contributed by atoms with Crippen molar-refractivity contribution in [3.8, 4) is 0 Å². The van der Waals surface area contributed by atoms with Gasteiger partial charge in [-0.15, -0.1) is 0 Å². The Labute approximate surface area is 411 Å². The van der Waals surface area contributed by atoms with Crippen LogP contribution >= 0.6 is 0 Å². The van der Waals surface area contributed by atoms with Gasteiger partial charge in [0.1, 0.15) is 22.6 Å². The van der Waals surface area contributed by atoms with Crippen molar-refractivity contribution in [2.45, 2.75) is 55.4 Å². The summed E-state index contributed by atoms with van der Waals surface area (Å²) in [5, 5.41) is 7.06. The average molecular weight is 947 g/mol. The fourth-order valence-electron chi connectivity index (χ4n) is 9.83. The Balaban J connectivity index is 0.000000146. The molecule has 0 N–H and O–H groups in total. The number of hydrogen-bond acceptors (Lipinski definition) is 8. The molecule has 0 atom stereocenters. The molecule has 4 bridgehead atoms. The van der Waals surface area contributed by atoms with Crippen molar-refractivity contribution in [2.75, 3.05) is 0 Å². The number of fused-ring (bicyclic) bond motifs is 20. The highest BCUT2D eigenvalue weighted by molar-refractivity contribution is 6.28. The van der Waals surface area contributed by atoms with Crippen LogP contribution in [0.15, 0.2) is 177 Å². The Morgan fingerprint density at radius 2 is 0.542 bits per heavy atom. The van der Waals surface area contributed by atoms with Crippen LogP contribution in [0.4, 0.5) is 0 Å². The highest BCUT2D eigenvalue weighted by Crippen LogP contribution is 2.37. The summed E-state index contributed by atoms with van der Waals surface area (Å²) in [6, 6.07) is 48.9. The van der Waals surface area contributed by atoms with Crippen molar-refractivity contribution < 1.29 is 0 Å². The van der Waals surface area contributed by atoms with E-state index in [9.17, 15) is 19.2 Å². The molecule has 15 rings (SSSR count). The van der Waals surface area contributed by atoms with Gasteiger partial charge < -0.3 is 0 Å². The third-order valence-corrected chi connectivity index (χ3v) is 12.7.